The van der Waals surface area contributed by atoms with Crippen LogP contribution < -0.4 is 30.3 Å². The molecule has 0 unspecified atom stereocenters. The van der Waals surface area contributed by atoms with Crippen LogP contribution in [0, 0.1) is 0 Å². The first-order valence-corrected chi connectivity index (χ1v) is 16.0. The molecular weight excluding hydrogens is 771 g/mol. The van der Waals surface area contributed by atoms with Crippen molar-refractivity contribution in [1.82, 2.24) is 16.1 Å². The third-order valence-corrected chi connectivity index (χ3v) is 8.10. The Labute approximate surface area is 291 Å². The Balaban J connectivity index is 1.42. The van der Waals surface area contributed by atoms with Gasteiger partial charge in [0, 0.05) is 31.3 Å². The Morgan fingerprint density at radius 1 is 1.07 bits per heavy atom. The van der Waals surface area contributed by atoms with Crippen molar-refractivity contribution >= 4 is 79.2 Å². The smallest absolute Gasteiger partial charge is 0.338 e. The molecule has 15 heteroatoms. The van der Waals surface area contributed by atoms with E-state index in [9.17, 15) is 14.4 Å². The highest BCUT2D eigenvalue weighted by Gasteiger charge is 2.32. The lowest BCUT2D eigenvalue weighted by atomic mass is 9.95. The maximum absolute atomic E-state index is 12.6. The number of amides is 3. The molecule has 0 aliphatic carbocycles. The molecule has 0 radical (unpaired) electrons. The zero-order chi connectivity index (χ0) is 33.4. The lowest BCUT2D eigenvalue weighted by Gasteiger charge is -2.28. The average Bonchev–Trinajstić information content (AvgIpc) is 3.00. The second-order valence-electron chi connectivity index (χ2n) is 9.61. The molecule has 11 nitrogen and oxygen atoms in total. The van der Waals surface area contributed by atoms with Gasteiger partial charge in [-0.3, -0.25) is 4.79 Å². The minimum Gasteiger partial charge on any atom is -0.493 e. The number of ether oxygens (including phenoxy) is 4. The number of nitrogens with zero attached hydrogens (tertiary/aromatic N) is 1. The standard InChI is InChI=1S/C31H28Br2Cl2N4O7/c1-4-44-30(41)27-16(2)37-31(42)38-28(27)17-6-8-24(25(10-17)43-3)45-15-26(40)39-36-13-19-9-20(32)11-22(33)29(19)46-14-18-5-7-21(34)12-23(18)35/h5-13,28H,4,14-15H2,1-3H3,(H,39,40)(H2,37,38,42)/b36-13+/t28-/m1/s1. The molecule has 0 bridgehead atoms. The third kappa shape index (κ3) is 8.93. The Kier molecular flexibility index (Phi) is 12.3. The Hall–Kier alpha value is -3.78. The van der Waals surface area contributed by atoms with E-state index < -0.39 is 23.9 Å². The van der Waals surface area contributed by atoms with Crippen molar-refractivity contribution in [2.24, 2.45) is 5.10 Å². The topological polar surface area (TPSA) is 137 Å². The first-order chi connectivity index (χ1) is 22.0. The van der Waals surface area contributed by atoms with Gasteiger partial charge in [-0.25, -0.2) is 15.0 Å². The van der Waals surface area contributed by atoms with Crippen LogP contribution >= 0.6 is 55.1 Å². The number of carbonyl (C=O) groups is 3. The molecule has 1 aliphatic rings. The van der Waals surface area contributed by atoms with E-state index in [2.05, 4.69) is 53.0 Å². The van der Waals surface area contributed by atoms with Crippen LogP contribution in [0.5, 0.6) is 17.2 Å². The quantitative estimate of drug-likeness (QED) is 0.104. The highest BCUT2D eigenvalue weighted by molar-refractivity contribution is 9.11. The number of benzene rings is 3. The molecule has 1 aliphatic heterocycles. The summed E-state index contributed by atoms with van der Waals surface area (Å²) in [7, 11) is 1.43. The van der Waals surface area contributed by atoms with Gasteiger partial charge in [0.05, 0.1) is 36.0 Å². The van der Waals surface area contributed by atoms with E-state index in [4.69, 9.17) is 42.1 Å². The largest absolute Gasteiger partial charge is 0.493 e. The number of esters is 1. The molecule has 0 fully saturated rings. The first-order valence-electron chi connectivity index (χ1n) is 13.6. The maximum atomic E-state index is 12.6. The maximum Gasteiger partial charge on any atom is 0.338 e. The minimum atomic E-state index is -0.788. The number of urea groups is 1. The number of halogens is 4. The Morgan fingerprint density at radius 2 is 1.85 bits per heavy atom. The summed E-state index contributed by atoms with van der Waals surface area (Å²) >= 11 is 19.2. The zero-order valence-corrected chi connectivity index (χ0v) is 29.4. The minimum absolute atomic E-state index is 0.169. The van der Waals surface area contributed by atoms with Gasteiger partial charge < -0.3 is 29.6 Å². The van der Waals surface area contributed by atoms with Gasteiger partial charge in [-0.2, -0.15) is 5.10 Å². The van der Waals surface area contributed by atoms with E-state index >= 15 is 0 Å². The van der Waals surface area contributed by atoms with Gasteiger partial charge in [0.1, 0.15) is 12.4 Å². The van der Waals surface area contributed by atoms with E-state index in [0.29, 0.717) is 37.1 Å². The zero-order valence-electron chi connectivity index (χ0n) is 24.7. The molecule has 3 amide bonds. The normalized spacial score (nSPS) is 14.4. The number of nitrogens with one attached hydrogen (secondary N) is 3. The monoisotopic (exact) mass is 796 g/mol. The van der Waals surface area contributed by atoms with Crippen LogP contribution in [0.4, 0.5) is 4.79 Å². The van der Waals surface area contributed by atoms with Gasteiger partial charge in [0.15, 0.2) is 18.1 Å². The SMILES string of the molecule is CCOC(=O)C1=C(C)NC(=O)N[C@@H]1c1ccc(OCC(=O)N/N=C/c2cc(Br)cc(Br)c2OCc2ccc(Cl)cc2Cl)c(OC)c1. The van der Waals surface area contributed by atoms with E-state index in [1.807, 2.05) is 6.07 Å². The summed E-state index contributed by atoms with van der Waals surface area (Å²) < 4.78 is 23.8. The molecule has 3 aromatic carbocycles. The van der Waals surface area contributed by atoms with E-state index in [1.165, 1.54) is 13.3 Å². The molecular formula is C31H28Br2Cl2N4O7. The number of allylic oxidation sites excluding steroid dienone is 1. The Morgan fingerprint density at radius 3 is 2.57 bits per heavy atom. The lowest BCUT2D eigenvalue weighted by Crippen LogP contribution is -2.45. The summed E-state index contributed by atoms with van der Waals surface area (Å²) in [5.41, 5.74) is 4.92. The summed E-state index contributed by atoms with van der Waals surface area (Å²) in [5.74, 6) is -0.0793. The molecule has 242 valence electrons. The van der Waals surface area contributed by atoms with Gasteiger partial charge in [-0.05, 0) is 71.7 Å². The first kappa shape index (κ1) is 35.1. The van der Waals surface area contributed by atoms with Gasteiger partial charge in [-0.15, -0.1) is 0 Å². The van der Waals surface area contributed by atoms with Crippen LogP contribution in [-0.2, 0) is 20.9 Å². The highest BCUT2D eigenvalue weighted by Crippen LogP contribution is 2.35. The molecule has 0 saturated carbocycles. The number of hydrogen-bond donors (Lipinski definition) is 3. The van der Waals surface area contributed by atoms with E-state index in [-0.39, 0.29) is 36.9 Å². The highest BCUT2D eigenvalue weighted by atomic mass is 79.9. The van der Waals surface area contributed by atoms with Crippen LogP contribution in [0.15, 0.2) is 73.8 Å². The van der Waals surface area contributed by atoms with Crippen molar-refractivity contribution in [2.75, 3.05) is 20.3 Å². The van der Waals surface area contributed by atoms with Gasteiger partial charge in [0.25, 0.3) is 5.91 Å². The molecule has 46 heavy (non-hydrogen) atoms. The fourth-order valence-corrected chi connectivity index (χ4v) is 6.21. The summed E-state index contributed by atoms with van der Waals surface area (Å²) in [6, 6.07) is 12.3. The molecule has 0 saturated heterocycles. The van der Waals surface area contributed by atoms with Crippen molar-refractivity contribution in [3.63, 3.8) is 0 Å². The van der Waals surface area contributed by atoms with E-state index in [1.54, 1.807) is 56.3 Å². The molecule has 1 heterocycles. The van der Waals surface area contributed by atoms with Gasteiger partial charge in [0.2, 0.25) is 0 Å². The second-order valence-corrected chi connectivity index (χ2v) is 12.2. The number of hydrogen-bond acceptors (Lipinski definition) is 8. The van der Waals surface area contributed by atoms with Crippen LogP contribution in [0.2, 0.25) is 10.0 Å². The number of methoxy groups -OCH3 is 1. The second kappa shape index (κ2) is 16.2. The van der Waals surface area contributed by atoms with Crippen LogP contribution in [0.25, 0.3) is 0 Å². The molecule has 4 rings (SSSR count). The fraction of sp³-hybridized carbons (Fsp3) is 0.226. The summed E-state index contributed by atoms with van der Waals surface area (Å²) in [6.07, 6.45) is 1.44. The average molecular weight is 799 g/mol. The predicted molar refractivity (Wildman–Crippen MR) is 181 cm³/mol. The molecule has 3 N–H and O–H groups in total. The fourth-order valence-electron chi connectivity index (χ4n) is 4.37. The van der Waals surface area contributed by atoms with Gasteiger partial charge >= 0.3 is 12.0 Å². The van der Waals surface area contributed by atoms with Gasteiger partial charge in [-0.1, -0.05) is 51.3 Å². The van der Waals surface area contributed by atoms with Crippen LogP contribution in [0.3, 0.4) is 0 Å². The van der Waals surface area contributed by atoms with Crippen LogP contribution in [-0.4, -0.2) is 44.4 Å². The van der Waals surface area contributed by atoms with Crippen LogP contribution in [0.1, 0.15) is 36.6 Å². The lowest BCUT2D eigenvalue weighted by molar-refractivity contribution is -0.139. The van der Waals surface area contributed by atoms with E-state index in [0.717, 1.165) is 10.0 Å². The molecule has 1 atom stereocenters. The van der Waals surface area contributed by atoms with Crippen molar-refractivity contribution in [2.45, 2.75) is 26.5 Å². The number of hydrazone groups is 1. The predicted octanol–water partition coefficient (Wildman–Crippen LogP) is 6.83. The number of rotatable bonds is 12. The summed E-state index contributed by atoms with van der Waals surface area (Å²) in [6.45, 7) is 3.27. The number of carbonyl (C=O) groups excluding carboxylic acids is 3. The summed E-state index contributed by atoms with van der Waals surface area (Å²) in [4.78, 5) is 37.4. The summed E-state index contributed by atoms with van der Waals surface area (Å²) in [5, 5.41) is 10.4. The molecule has 3 aromatic rings. The molecule has 0 spiro atoms. The van der Waals surface area contributed by atoms with Crippen molar-refractivity contribution in [3.05, 3.63) is 95.5 Å². The third-order valence-electron chi connectivity index (χ3n) is 6.46. The Bertz CT molecular complexity index is 1720. The van der Waals surface area contributed by atoms with Crippen molar-refractivity contribution in [1.29, 1.82) is 0 Å². The molecule has 0 aromatic heterocycles. The van der Waals surface area contributed by atoms with Crippen molar-refractivity contribution < 1.29 is 33.3 Å². The van der Waals surface area contributed by atoms with Crippen molar-refractivity contribution in [3.8, 4) is 17.2 Å².